The Balaban J connectivity index is 1.47. The third kappa shape index (κ3) is 4.67. The number of carbonyl (C=O) groups excluding carboxylic acids is 1. The summed E-state index contributed by atoms with van der Waals surface area (Å²) >= 11 is 0. The number of nitrogens with zero attached hydrogens (tertiary/aromatic N) is 1. The number of hydrogen-bond donors (Lipinski definition) is 2. The summed E-state index contributed by atoms with van der Waals surface area (Å²) < 4.78 is 16.3. The third-order valence-corrected chi connectivity index (χ3v) is 4.88. The number of nitrogens with one attached hydrogen (secondary N) is 2. The molecular weight excluding hydrogens is 394 g/mol. The first-order valence-electron chi connectivity index (χ1n) is 9.80. The SMILES string of the molecule is COc1ccc(OC)c(-c2ccc3c(NC(=O)COCc4ccccc4)n[nH]c3c2)c1. The predicted molar refractivity (Wildman–Crippen MR) is 119 cm³/mol. The summed E-state index contributed by atoms with van der Waals surface area (Å²) in [6, 6.07) is 21.2. The zero-order valence-corrected chi connectivity index (χ0v) is 17.3. The fourth-order valence-electron chi connectivity index (χ4n) is 3.33. The quantitative estimate of drug-likeness (QED) is 0.444. The van der Waals surface area contributed by atoms with Gasteiger partial charge in [0.1, 0.15) is 18.1 Å². The van der Waals surface area contributed by atoms with Gasteiger partial charge in [0.05, 0.1) is 26.3 Å². The summed E-state index contributed by atoms with van der Waals surface area (Å²) in [6.07, 6.45) is 0. The average Bonchev–Trinajstić information content (AvgIpc) is 3.21. The molecule has 0 fully saturated rings. The number of aromatic nitrogens is 2. The van der Waals surface area contributed by atoms with E-state index >= 15 is 0 Å². The van der Waals surface area contributed by atoms with Gasteiger partial charge in [0.15, 0.2) is 5.82 Å². The second-order valence-electron chi connectivity index (χ2n) is 6.93. The molecule has 2 N–H and O–H groups in total. The number of rotatable bonds is 8. The number of benzene rings is 3. The molecule has 0 saturated heterocycles. The van der Waals surface area contributed by atoms with Crippen molar-refractivity contribution in [2.45, 2.75) is 6.61 Å². The van der Waals surface area contributed by atoms with E-state index < -0.39 is 0 Å². The molecule has 0 bridgehead atoms. The Kier molecular flexibility index (Phi) is 6.14. The standard InChI is InChI=1S/C24H23N3O4/c1-29-18-9-11-22(30-2)20(13-18)17-8-10-19-21(12-17)26-27-24(19)25-23(28)15-31-14-16-6-4-3-5-7-16/h3-13H,14-15H2,1-2H3,(H2,25,26,27,28). The van der Waals surface area contributed by atoms with Crippen molar-refractivity contribution >= 4 is 22.6 Å². The number of fused-ring (bicyclic) bond motifs is 1. The van der Waals surface area contributed by atoms with Crippen LogP contribution in [-0.4, -0.2) is 36.9 Å². The Hall–Kier alpha value is -3.84. The summed E-state index contributed by atoms with van der Waals surface area (Å²) in [5.74, 6) is 1.68. The van der Waals surface area contributed by atoms with Crippen LogP contribution in [0.4, 0.5) is 5.82 Å². The van der Waals surface area contributed by atoms with E-state index in [0.717, 1.165) is 39.1 Å². The smallest absolute Gasteiger partial charge is 0.251 e. The van der Waals surface area contributed by atoms with Crippen LogP contribution < -0.4 is 14.8 Å². The summed E-state index contributed by atoms with van der Waals surface area (Å²) in [7, 11) is 3.26. The molecule has 1 aromatic heterocycles. The van der Waals surface area contributed by atoms with Gasteiger partial charge < -0.3 is 19.5 Å². The van der Waals surface area contributed by atoms with Gasteiger partial charge in [0.2, 0.25) is 0 Å². The van der Waals surface area contributed by atoms with Gasteiger partial charge in [-0.2, -0.15) is 5.10 Å². The van der Waals surface area contributed by atoms with Crippen molar-refractivity contribution < 1.29 is 19.0 Å². The molecule has 7 nitrogen and oxygen atoms in total. The zero-order valence-electron chi connectivity index (χ0n) is 17.3. The van der Waals surface area contributed by atoms with E-state index in [1.165, 1.54) is 0 Å². The number of carbonyl (C=O) groups is 1. The fourth-order valence-corrected chi connectivity index (χ4v) is 3.33. The van der Waals surface area contributed by atoms with E-state index in [1.54, 1.807) is 14.2 Å². The Morgan fingerprint density at radius 3 is 2.61 bits per heavy atom. The van der Waals surface area contributed by atoms with Crippen molar-refractivity contribution in [2.75, 3.05) is 26.1 Å². The van der Waals surface area contributed by atoms with Crippen molar-refractivity contribution in [1.29, 1.82) is 0 Å². The molecule has 4 aromatic rings. The van der Waals surface area contributed by atoms with Crippen LogP contribution in [0.3, 0.4) is 0 Å². The van der Waals surface area contributed by atoms with Crippen molar-refractivity contribution in [1.82, 2.24) is 10.2 Å². The van der Waals surface area contributed by atoms with E-state index in [4.69, 9.17) is 14.2 Å². The number of amides is 1. The van der Waals surface area contributed by atoms with E-state index in [0.29, 0.717) is 12.4 Å². The number of anilines is 1. The van der Waals surface area contributed by atoms with E-state index in [9.17, 15) is 4.79 Å². The summed E-state index contributed by atoms with van der Waals surface area (Å²) in [5, 5.41) is 10.8. The highest BCUT2D eigenvalue weighted by Gasteiger charge is 2.13. The average molecular weight is 417 g/mol. The van der Waals surface area contributed by atoms with Crippen molar-refractivity contribution in [3.8, 4) is 22.6 Å². The third-order valence-electron chi connectivity index (χ3n) is 4.88. The molecule has 0 radical (unpaired) electrons. The normalized spacial score (nSPS) is 10.8. The summed E-state index contributed by atoms with van der Waals surface area (Å²) in [4.78, 5) is 12.3. The molecule has 1 amide bonds. The Morgan fingerprint density at radius 2 is 1.84 bits per heavy atom. The van der Waals surface area contributed by atoms with Crippen LogP contribution in [-0.2, 0) is 16.1 Å². The molecule has 4 rings (SSSR count). The zero-order chi connectivity index (χ0) is 21.6. The van der Waals surface area contributed by atoms with Gasteiger partial charge in [0.25, 0.3) is 5.91 Å². The Morgan fingerprint density at radius 1 is 1.00 bits per heavy atom. The van der Waals surface area contributed by atoms with Gasteiger partial charge in [-0.25, -0.2) is 0 Å². The maximum atomic E-state index is 12.3. The topological polar surface area (TPSA) is 85.5 Å². The largest absolute Gasteiger partial charge is 0.497 e. The summed E-state index contributed by atoms with van der Waals surface area (Å²) in [5.41, 5.74) is 3.65. The maximum absolute atomic E-state index is 12.3. The predicted octanol–water partition coefficient (Wildman–Crippen LogP) is 4.40. The lowest BCUT2D eigenvalue weighted by atomic mass is 10.0. The first-order chi connectivity index (χ1) is 15.2. The lowest BCUT2D eigenvalue weighted by molar-refractivity contribution is -0.121. The highest BCUT2D eigenvalue weighted by atomic mass is 16.5. The minimum atomic E-state index is -0.261. The molecule has 0 aliphatic heterocycles. The number of ether oxygens (including phenoxy) is 3. The second-order valence-corrected chi connectivity index (χ2v) is 6.93. The van der Waals surface area contributed by atoms with Crippen LogP contribution in [0.5, 0.6) is 11.5 Å². The molecule has 0 saturated carbocycles. The number of aromatic amines is 1. The van der Waals surface area contributed by atoms with Crippen LogP contribution in [0.1, 0.15) is 5.56 Å². The van der Waals surface area contributed by atoms with Gasteiger partial charge in [0, 0.05) is 10.9 Å². The van der Waals surface area contributed by atoms with E-state index in [2.05, 4.69) is 15.5 Å². The molecule has 0 aliphatic rings. The van der Waals surface area contributed by atoms with Crippen molar-refractivity contribution in [2.24, 2.45) is 0 Å². The highest BCUT2D eigenvalue weighted by molar-refractivity contribution is 6.01. The van der Waals surface area contributed by atoms with Gasteiger partial charge in [-0.05, 0) is 41.5 Å². The molecule has 7 heteroatoms. The van der Waals surface area contributed by atoms with Crippen molar-refractivity contribution in [3.05, 3.63) is 72.3 Å². The van der Waals surface area contributed by atoms with Crippen LogP contribution in [0.15, 0.2) is 66.7 Å². The van der Waals surface area contributed by atoms with E-state index in [1.807, 2.05) is 66.7 Å². The van der Waals surface area contributed by atoms with Crippen LogP contribution in [0, 0.1) is 0 Å². The molecule has 3 aromatic carbocycles. The Labute approximate surface area is 180 Å². The first kappa shape index (κ1) is 20.4. The monoisotopic (exact) mass is 417 g/mol. The maximum Gasteiger partial charge on any atom is 0.251 e. The lowest BCUT2D eigenvalue weighted by Gasteiger charge is -2.11. The number of H-pyrrole nitrogens is 1. The van der Waals surface area contributed by atoms with Crippen LogP contribution in [0.25, 0.3) is 22.0 Å². The molecule has 0 unspecified atom stereocenters. The lowest BCUT2D eigenvalue weighted by Crippen LogP contribution is -2.18. The molecule has 0 aliphatic carbocycles. The first-order valence-corrected chi connectivity index (χ1v) is 9.80. The molecule has 31 heavy (non-hydrogen) atoms. The summed E-state index contributed by atoms with van der Waals surface area (Å²) in [6.45, 7) is 0.323. The minimum Gasteiger partial charge on any atom is -0.497 e. The molecule has 1 heterocycles. The van der Waals surface area contributed by atoms with Crippen LogP contribution in [0.2, 0.25) is 0 Å². The van der Waals surface area contributed by atoms with Gasteiger partial charge >= 0.3 is 0 Å². The number of hydrogen-bond acceptors (Lipinski definition) is 5. The number of methoxy groups -OCH3 is 2. The van der Waals surface area contributed by atoms with Gasteiger partial charge in [-0.3, -0.25) is 9.89 Å². The fraction of sp³-hybridized carbons (Fsp3) is 0.167. The molecule has 0 atom stereocenters. The second kappa shape index (κ2) is 9.32. The molecular formula is C24H23N3O4. The highest BCUT2D eigenvalue weighted by Crippen LogP contribution is 2.35. The van der Waals surface area contributed by atoms with E-state index in [-0.39, 0.29) is 12.5 Å². The Bertz CT molecular complexity index is 1190. The minimum absolute atomic E-state index is 0.0532. The van der Waals surface area contributed by atoms with Gasteiger partial charge in [-0.15, -0.1) is 0 Å². The van der Waals surface area contributed by atoms with Crippen LogP contribution >= 0.6 is 0 Å². The molecule has 0 spiro atoms. The molecule has 158 valence electrons. The van der Waals surface area contributed by atoms with Gasteiger partial charge in [-0.1, -0.05) is 36.4 Å². The van der Waals surface area contributed by atoms with Crippen molar-refractivity contribution in [3.63, 3.8) is 0 Å².